The van der Waals surface area contributed by atoms with E-state index in [1.165, 1.54) is 6.20 Å². The van der Waals surface area contributed by atoms with Crippen molar-refractivity contribution in [3.8, 4) is 0 Å². The van der Waals surface area contributed by atoms with Gasteiger partial charge in [-0.3, -0.25) is 9.63 Å². The Kier molecular flexibility index (Phi) is 3.26. The molecule has 1 fully saturated rings. The van der Waals surface area contributed by atoms with Crippen LogP contribution in [0.25, 0.3) is 0 Å². The first-order valence-electron chi connectivity index (χ1n) is 5.34. The first-order chi connectivity index (χ1) is 8.08. The van der Waals surface area contributed by atoms with Crippen molar-refractivity contribution in [3.05, 3.63) is 23.9 Å². The zero-order valence-corrected chi connectivity index (χ0v) is 9.83. The van der Waals surface area contributed by atoms with Crippen LogP contribution in [0.15, 0.2) is 18.3 Å². The Morgan fingerprint density at radius 3 is 2.82 bits per heavy atom. The van der Waals surface area contributed by atoms with E-state index in [9.17, 15) is 9.90 Å². The van der Waals surface area contributed by atoms with Gasteiger partial charge in [0.25, 0.3) is 5.91 Å². The number of nitrogens with zero attached hydrogens (tertiary/aromatic N) is 3. The molecule has 0 aromatic carbocycles. The highest BCUT2D eigenvalue weighted by atomic mass is 16.7. The van der Waals surface area contributed by atoms with E-state index >= 15 is 0 Å². The van der Waals surface area contributed by atoms with Crippen LogP contribution in [-0.2, 0) is 4.84 Å². The molecule has 2 rings (SSSR count). The SMILES string of the molecule is CN(C)c1ccc(C(=O)N2CC(O)CO2)cn1. The maximum absolute atomic E-state index is 11.9. The summed E-state index contributed by atoms with van der Waals surface area (Å²) in [4.78, 5) is 23.0. The van der Waals surface area contributed by atoms with Gasteiger partial charge < -0.3 is 10.0 Å². The van der Waals surface area contributed by atoms with E-state index in [2.05, 4.69) is 4.98 Å². The molecular formula is C11H15N3O3. The number of carbonyl (C=O) groups excluding carboxylic acids is 1. The van der Waals surface area contributed by atoms with Crippen LogP contribution in [-0.4, -0.2) is 54.4 Å². The van der Waals surface area contributed by atoms with Crippen molar-refractivity contribution in [2.24, 2.45) is 0 Å². The molecule has 0 saturated carbocycles. The molecule has 1 aromatic rings. The summed E-state index contributed by atoms with van der Waals surface area (Å²) in [7, 11) is 3.76. The van der Waals surface area contributed by atoms with Gasteiger partial charge in [0.15, 0.2) is 0 Å². The molecule has 1 unspecified atom stereocenters. The summed E-state index contributed by atoms with van der Waals surface area (Å²) in [6.45, 7) is 0.364. The quantitative estimate of drug-likeness (QED) is 0.777. The highest BCUT2D eigenvalue weighted by Gasteiger charge is 2.27. The van der Waals surface area contributed by atoms with Crippen molar-refractivity contribution in [2.75, 3.05) is 32.1 Å². The third kappa shape index (κ3) is 2.54. The lowest BCUT2D eigenvalue weighted by Gasteiger charge is -2.15. The Morgan fingerprint density at radius 1 is 1.59 bits per heavy atom. The summed E-state index contributed by atoms with van der Waals surface area (Å²) in [5.74, 6) is 0.503. The first kappa shape index (κ1) is 11.8. The van der Waals surface area contributed by atoms with Gasteiger partial charge in [0.05, 0.1) is 12.1 Å². The summed E-state index contributed by atoms with van der Waals surface area (Å²) in [6, 6.07) is 3.46. The van der Waals surface area contributed by atoms with E-state index in [1.807, 2.05) is 19.0 Å². The third-order valence-electron chi connectivity index (χ3n) is 2.48. The molecule has 1 aromatic heterocycles. The van der Waals surface area contributed by atoms with E-state index < -0.39 is 6.10 Å². The highest BCUT2D eigenvalue weighted by Crippen LogP contribution is 2.13. The Morgan fingerprint density at radius 2 is 2.35 bits per heavy atom. The lowest BCUT2D eigenvalue weighted by atomic mass is 10.2. The standard InChI is InChI=1S/C11H15N3O3/c1-13(2)10-4-3-8(5-12-10)11(16)14-6-9(15)7-17-14/h3-5,9,15H,6-7H2,1-2H3. The third-order valence-corrected chi connectivity index (χ3v) is 2.48. The number of pyridine rings is 1. The van der Waals surface area contributed by atoms with Gasteiger partial charge in [0.1, 0.15) is 18.5 Å². The minimum absolute atomic E-state index is 0.162. The molecule has 1 aliphatic heterocycles. The number of rotatable bonds is 2. The molecule has 1 saturated heterocycles. The summed E-state index contributed by atoms with van der Waals surface area (Å²) >= 11 is 0. The summed E-state index contributed by atoms with van der Waals surface area (Å²) < 4.78 is 0. The number of hydroxylamine groups is 2. The second kappa shape index (κ2) is 4.68. The topological polar surface area (TPSA) is 65.9 Å². The Labute approximate surface area is 99.4 Å². The van der Waals surface area contributed by atoms with Gasteiger partial charge in [0.2, 0.25) is 0 Å². The van der Waals surface area contributed by atoms with E-state index in [4.69, 9.17) is 4.84 Å². The molecular weight excluding hydrogens is 222 g/mol. The second-order valence-electron chi connectivity index (χ2n) is 4.12. The second-order valence-corrected chi connectivity index (χ2v) is 4.12. The van der Waals surface area contributed by atoms with Crippen molar-refractivity contribution in [3.63, 3.8) is 0 Å². The number of aliphatic hydroxyl groups is 1. The van der Waals surface area contributed by atoms with Crippen LogP contribution >= 0.6 is 0 Å². The molecule has 2 heterocycles. The van der Waals surface area contributed by atoms with Crippen molar-refractivity contribution in [2.45, 2.75) is 6.10 Å². The monoisotopic (exact) mass is 237 g/mol. The Balaban J connectivity index is 2.09. The van der Waals surface area contributed by atoms with E-state index in [0.29, 0.717) is 5.56 Å². The fourth-order valence-corrected chi connectivity index (χ4v) is 1.54. The van der Waals surface area contributed by atoms with E-state index in [0.717, 1.165) is 10.9 Å². The molecule has 17 heavy (non-hydrogen) atoms. The fourth-order valence-electron chi connectivity index (χ4n) is 1.54. The number of hydrogen-bond donors (Lipinski definition) is 1. The maximum atomic E-state index is 11.9. The molecule has 6 nitrogen and oxygen atoms in total. The predicted octanol–water partition coefficient (Wildman–Crippen LogP) is -0.104. The molecule has 1 amide bonds. The van der Waals surface area contributed by atoms with Gasteiger partial charge in [-0.1, -0.05) is 0 Å². The van der Waals surface area contributed by atoms with Crippen LogP contribution in [0.2, 0.25) is 0 Å². The number of β-amino-alcohol motifs (C(OH)–C–C–N with tert-alkyl or cyclic N) is 1. The summed E-state index contributed by atoms with van der Waals surface area (Å²) in [5, 5.41) is 10.4. The smallest absolute Gasteiger partial charge is 0.279 e. The average Bonchev–Trinajstić information content (AvgIpc) is 2.75. The van der Waals surface area contributed by atoms with Crippen LogP contribution in [0.1, 0.15) is 10.4 Å². The van der Waals surface area contributed by atoms with Gasteiger partial charge >= 0.3 is 0 Å². The zero-order valence-electron chi connectivity index (χ0n) is 9.83. The zero-order chi connectivity index (χ0) is 12.4. The van der Waals surface area contributed by atoms with Crippen LogP contribution in [0, 0.1) is 0 Å². The number of amides is 1. The minimum Gasteiger partial charge on any atom is -0.389 e. The lowest BCUT2D eigenvalue weighted by Crippen LogP contribution is -2.28. The van der Waals surface area contributed by atoms with Gasteiger partial charge in [-0.05, 0) is 12.1 Å². The molecule has 0 spiro atoms. The molecule has 0 aliphatic carbocycles. The van der Waals surface area contributed by atoms with Gasteiger partial charge in [0, 0.05) is 20.3 Å². The summed E-state index contributed by atoms with van der Waals surface area (Å²) in [6.07, 6.45) is 0.902. The predicted molar refractivity (Wildman–Crippen MR) is 61.6 cm³/mol. The van der Waals surface area contributed by atoms with Crippen molar-refractivity contribution in [1.29, 1.82) is 0 Å². The highest BCUT2D eigenvalue weighted by molar-refractivity contribution is 5.93. The number of aromatic nitrogens is 1. The number of hydrogen-bond acceptors (Lipinski definition) is 5. The molecule has 1 aliphatic rings. The molecule has 1 atom stereocenters. The van der Waals surface area contributed by atoms with Crippen LogP contribution in [0.3, 0.4) is 0 Å². The van der Waals surface area contributed by atoms with E-state index in [-0.39, 0.29) is 19.1 Å². The first-order valence-corrected chi connectivity index (χ1v) is 5.34. The largest absolute Gasteiger partial charge is 0.389 e. The van der Waals surface area contributed by atoms with Crippen molar-refractivity contribution in [1.82, 2.24) is 10.0 Å². The lowest BCUT2D eigenvalue weighted by molar-refractivity contribution is -0.0780. The van der Waals surface area contributed by atoms with Gasteiger partial charge in [-0.25, -0.2) is 10.0 Å². The van der Waals surface area contributed by atoms with Crippen molar-refractivity contribution < 1.29 is 14.7 Å². The molecule has 1 N–H and O–H groups in total. The van der Waals surface area contributed by atoms with Crippen LogP contribution < -0.4 is 4.90 Å². The number of anilines is 1. The maximum Gasteiger partial charge on any atom is 0.279 e. The fraction of sp³-hybridized carbons (Fsp3) is 0.455. The molecule has 6 heteroatoms. The van der Waals surface area contributed by atoms with Gasteiger partial charge in [-0.2, -0.15) is 0 Å². The molecule has 0 radical (unpaired) electrons. The summed E-state index contributed by atoms with van der Waals surface area (Å²) in [5.41, 5.74) is 0.449. The average molecular weight is 237 g/mol. The Bertz CT molecular complexity index is 405. The number of aliphatic hydroxyl groups excluding tert-OH is 1. The normalized spacial score (nSPS) is 19.5. The molecule has 0 bridgehead atoms. The molecule has 92 valence electrons. The van der Waals surface area contributed by atoms with Crippen molar-refractivity contribution >= 4 is 11.7 Å². The van der Waals surface area contributed by atoms with Gasteiger partial charge in [-0.15, -0.1) is 0 Å². The minimum atomic E-state index is -0.604. The van der Waals surface area contributed by atoms with E-state index in [1.54, 1.807) is 12.1 Å². The van der Waals surface area contributed by atoms with Crippen LogP contribution in [0.4, 0.5) is 5.82 Å². The number of carbonyl (C=O) groups is 1. The Hall–Kier alpha value is -1.66. The van der Waals surface area contributed by atoms with Crippen LogP contribution in [0.5, 0.6) is 0 Å².